The Labute approximate surface area is 63.8 Å². The molecule has 4 fully saturated rings. The van der Waals surface area contributed by atoms with Crippen LogP contribution in [0, 0.1) is 29.6 Å². The Kier molecular flexibility index (Phi) is 0.525. The van der Waals surface area contributed by atoms with E-state index in [4.69, 9.17) is 5.11 Å². The second kappa shape index (κ2) is 1.12. The van der Waals surface area contributed by atoms with Gasteiger partial charge >= 0.3 is 5.97 Å². The molecule has 11 heavy (non-hydrogen) atoms. The van der Waals surface area contributed by atoms with Gasteiger partial charge in [-0.05, 0) is 23.7 Å². The highest BCUT2D eigenvalue weighted by atomic mass is 16.4. The Morgan fingerprint density at radius 3 is 2.00 bits per heavy atom. The number of carboxylic acids is 1. The van der Waals surface area contributed by atoms with E-state index in [2.05, 4.69) is 5.32 Å². The lowest BCUT2D eigenvalue weighted by molar-refractivity contribution is -0.350. The van der Waals surface area contributed by atoms with Gasteiger partial charge in [-0.15, -0.1) is 0 Å². The maximum atomic E-state index is 10.7. The molecule has 0 aromatic rings. The summed E-state index contributed by atoms with van der Waals surface area (Å²) in [4.78, 5) is 10.7. The van der Waals surface area contributed by atoms with Gasteiger partial charge in [-0.2, -0.15) is 0 Å². The van der Waals surface area contributed by atoms with Crippen LogP contribution in [0.2, 0.25) is 0 Å². The predicted molar refractivity (Wildman–Crippen MR) is 35.8 cm³/mol. The van der Waals surface area contributed by atoms with E-state index in [9.17, 15) is 4.79 Å². The molecule has 0 bridgehead atoms. The van der Waals surface area contributed by atoms with Crippen molar-refractivity contribution in [2.45, 2.75) is 12.1 Å². The monoisotopic (exact) mass is 151 g/mol. The average Bonchev–Trinajstić information content (AvgIpc) is 1.98. The van der Waals surface area contributed by atoms with Gasteiger partial charge in [0.15, 0.2) is 0 Å². The summed E-state index contributed by atoms with van der Waals surface area (Å²) in [5.41, 5.74) is 0. The number of carbonyl (C=O) groups is 1. The Hall–Kier alpha value is -0.570. The van der Waals surface area contributed by atoms with Crippen LogP contribution in [0.5, 0.6) is 0 Å². The number of carboxylic acid groups (broad SMARTS) is 1. The summed E-state index contributed by atoms with van der Waals surface area (Å²) in [6, 6.07) is 1.21. The highest BCUT2D eigenvalue weighted by Crippen LogP contribution is 2.77. The van der Waals surface area contributed by atoms with Crippen molar-refractivity contribution < 1.29 is 9.90 Å². The van der Waals surface area contributed by atoms with Crippen molar-refractivity contribution in [2.24, 2.45) is 29.6 Å². The minimum atomic E-state index is -0.550. The Morgan fingerprint density at radius 1 is 1.09 bits per heavy atom. The first-order valence-corrected chi connectivity index (χ1v) is 4.29. The minimum absolute atomic E-state index is 0.0289. The number of nitrogens with one attached hydrogen (secondary N) is 1. The van der Waals surface area contributed by atoms with Crippen LogP contribution in [-0.4, -0.2) is 23.2 Å². The smallest absolute Gasteiger partial charge is 0.307 e. The molecule has 3 saturated carbocycles. The summed E-state index contributed by atoms with van der Waals surface area (Å²) in [5, 5.41) is 12.3. The summed E-state index contributed by atoms with van der Waals surface area (Å²) >= 11 is 0. The van der Waals surface area contributed by atoms with Crippen LogP contribution in [0.1, 0.15) is 0 Å². The van der Waals surface area contributed by atoms with Gasteiger partial charge in [0.1, 0.15) is 0 Å². The lowest BCUT2D eigenvalue weighted by Gasteiger charge is -2.86. The molecule has 0 amide bonds. The van der Waals surface area contributed by atoms with E-state index in [1.807, 2.05) is 0 Å². The zero-order valence-electron chi connectivity index (χ0n) is 5.90. The first kappa shape index (κ1) is 5.14. The van der Waals surface area contributed by atoms with Crippen molar-refractivity contribution in [3.05, 3.63) is 0 Å². The average molecular weight is 151 g/mol. The molecule has 3 aliphatic carbocycles. The molecule has 1 aliphatic heterocycles. The van der Waals surface area contributed by atoms with Crippen LogP contribution in [0.15, 0.2) is 0 Å². The Balaban J connectivity index is 1.75. The van der Waals surface area contributed by atoms with Crippen LogP contribution >= 0.6 is 0 Å². The molecule has 1 saturated heterocycles. The summed E-state index contributed by atoms with van der Waals surface area (Å²) in [5.74, 6) is 2.25. The van der Waals surface area contributed by atoms with E-state index < -0.39 is 5.97 Å². The minimum Gasteiger partial charge on any atom is -0.481 e. The molecule has 0 radical (unpaired) electrons. The number of rotatable bonds is 1. The van der Waals surface area contributed by atoms with Crippen molar-refractivity contribution in [2.75, 3.05) is 0 Å². The summed E-state index contributed by atoms with van der Waals surface area (Å²) in [7, 11) is 0. The van der Waals surface area contributed by atoms with Crippen LogP contribution in [0.3, 0.4) is 0 Å². The lowest BCUT2D eigenvalue weighted by Crippen LogP contribution is -2.97. The predicted octanol–water partition coefficient (Wildman–Crippen LogP) is -0.467. The van der Waals surface area contributed by atoms with Crippen LogP contribution in [-0.2, 0) is 4.79 Å². The number of fused-ring (bicyclic) bond motifs is 2. The van der Waals surface area contributed by atoms with Crippen molar-refractivity contribution in [1.29, 1.82) is 0 Å². The standard InChI is InChI=1S/C8H9NO2/c10-8(11)4-2-1-3(4)7-5(1)6(2)9-7/h1-7,9H,(H,10,11). The van der Waals surface area contributed by atoms with Gasteiger partial charge in [-0.3, -0.25) is 4.79 Å². The highest BCUT2D eigenvalue weighted by molar-refractivity contribution is 5.75. The lowest BCUT2D eigenvalue weighted by atomic mass is 9.24. The van der Waals surface area contributed by atoms with E-state index in [0.29, 0.717) is 23.9 Å². The molecule has 1 heterocycles. The topological polar surface area (TPSA) is 49.3 Å². The number of hydrogen-bond donors (Lipinski definition) is 2. The highest BCUT2D eigenvalue weighted by Gasteiger charge is 2.84. The molecule has 4 unspecified atom stereocenters. The van der Waals surface area contributed by atoms with Crippen LogP contribution in [0.25, 0.3) is 0 Å². The quantitative estimate of drug-likeness (QED) is 0.533. The second-order valence-electron chi connectivity index (χ2n) is 4.39. The zero-order valence-corrected chi connectivity index (χ0v) is 5.90. The third kappa shape index (κ3) is 0.276. The van der Waals surface area contributed by atoms with Crippen LogP contribution in [0.4, 0.5) is 0 Å². The molecule has 58 valence electrons. The van der Waals surface area contributed by atoms with Crippen molar-refractivity contribution >= 4 is 5.97 Å². The zero-order chi connectivity index (χ0) is 7.33. The Morgan fingerprint density at radius 2 is 1.73 bits per heavy atom. The number of hydrogen-bond acceptors (Lipinski definition) is 2. The van der Waals surface area contributed by atoms with Gasteiger partial charge in [0.2, 0.25) is 0 Å². The van der Waals surface area contributed by atoms with Crippen molar-refractivity contribution in [1.82, 2.24) is 5.32 Å². The molecule has 0 spiro atoms. The molecule has 0 aromatic carbocycles. The van der Waals surface area contributed by atoms with E-state index in [-0.39, 0.29) is 5.92 Å². The Bertz CT molecular complexity index is 249. The SMILES string of the molecule is O=C(O)C1C2C3NC4C3C2C41. The van der Waals surface area contributed by atoms with E-state index in [0.717, 1.165) is 11.8 Å². The molecule has 4 rings (SSSR count). The second-order valence-corrected chi connectivity index (χ2v) is 4.39. The maximum Gasteiger partial charge on any atom is 0.307 e. The maximum absolute atomic E-state index is 10.7. The van der Waals surface area contributed by atoms with Gasteiger partial charge in [0.25, 0.3) is 0 Å². The summed E-state index contributed by atoms with van der Waals surface area (Å²) in [6.45, 7) is 0. The first-order chi connectivity index (χ1) is 5.30. The molecule has 0 aromatic heterocycles. The van der Waals surface area contributed by atoms with E-state index >= 15 is 0 Å². The molecule has 4 atom stereocenters. The molecule has 3 nitrogen and oxygen atoms in total. The number of aliphatic carboxylic acids is 1. The third-order valence-corrected chi connectivity index (χ3v) is 4.49. The first-order valence-electron chi connectivity index (χ1n) is 4.29. The van der Waals surface area contributed by atoms with E-state index in [1.165, 1.54) is 0 Å². The largest absolute Gasteiger partial charge is 0.481 e. The number of piperidine rings is 4. The van der Waals surface area contributed by atoms with Gasteiger partial charge < -0.3 is 10.4 Å². The third-order valence-electron chi connectivity index (χ3n) is 4.49. The van der Waals surface area contributed by atoms with Crippen LogP contribution < -0.4 is 5.32 Å². The molecular weight excluding hydrogens is 142 g/mol. The summed E-state index contributed by atoms with van der Waals surface area (Å²) in [6.07, 6.45) is 0. The van der Waals surface area contributed by atoms with Gasteiger partial charge in [0, 0.05) is 12.1 Å². The molecule has 4 aliphatic rings. The molecule has 3 heteroatoms. The van der Waals surface area contributed by atoms with Crippen molar-refractivity contribution in [3.63, 3.8) is 0 Å². The van der Waals surface area contributed by atoms with Gasteiger partial charge in [-0.25, -0.2) is 0 Å². The fourth-order valence-electron chi connectivity index (χ4n) is 4.09. The van der Waals surface area contributed by atoms with Crippen molar-refractivity contribution in [3.8, 4) is 0 Å². The molecular formula is C8H9NO2. The fraction of sp³-hybridized carbons (Fsp3) is 0.875. The van der Waals surface area contributed by atoms with Gasteiger partial charge in [0.05, 0.1) is 5.92 Å². The molecule has 2 N–H and O–H groups in total. The summed E-state index contributed by atoms with van der Waals surface area (Å²) < 4.78 is 0. The van der Waals surface area contributed by atoms with E-state index in [1.54, 1.807) is 0 Å². The fourth-order valence-corrected chi connectivity index (χ4v) is 4.09. The normalized spacial score (nSPS) is 72.9. The van der Waals surface area contributed by atoms with Gasteiger partial charge in [-0.1, -0.05) is 0 Å².